The molecule has 2 atom stereocenters. The van der Waals surface area contributed by atoms with E-state index in [1.165, 1.54) is 6.92 Å². The Bertz CT molecular complexity index is 169. The lowest BCUT2D eigenvalue weighted by atomic mass is 9.86. The molecule has 0 radical (unpaired) electrons. The van der Waals surface area contributed by atoms with Crippen molar-refractivity contribution in [3.63, 3.8) is 0 Å². The predicted octanol–water partition coefficient (Wildman–Crippen LogP) is 0.876. The van der Waals surface area contributed by atoms with Crippen LogP contribution < -0.4 is 0 Å². The minimum atomic E-state index is -1.16. The Labute approximate surface area is 66.6 Å². The SMILES string of the molecule is CCC(C#N)C(C)(O)CC=O. The number of aliphatic hydroxyl groups is 1. The molecule has 0 aliphatic rings. The summed E-state index contributed by atoms with van der Waals surface area (Å²) in [7, 11) is 0. The first-order chi connectivity index (χ1) is 5.08. The van der Waals surface area contributed by atoms with E-state index in [0.717, 1.165) is 0 Å². The molecule has 0 aliphatic carbocycles. The zero-order chi connectivity index (χ0) is 8.91. The average molecular weight is 155 g/mol. The molecule has 0 aromatic heterocycles. The first-order valence-corrected chi connectivity index (χ1v) is 3.64. The number of nitrogens with zero attached hydrogens (tertiary/aromatic N) is 1. The molecule has 0 aliphatic heterocycles. The number of carbonyl (C=O) groups is 1. The molecule has 3 heteroatoms. The van der Waals surface area contributed by atoms with Crippen molar-refractivity contribution in [2.24, 2.45) is 5.92 Å². The summed E-state index contributed by atoms with van der Waals surface area (Å²) in [6.45, 7) is 3.33. The summed E-state index contributed by atoms with van der Waals surface area (Å²) >= 11 is 0. The van der Waals surface area contributed by atoms with E-state index in [1.54, 1.807) is 0 Å². The molecule has 0 spiro atoms. The summed E-state index contributed by atoms with van der Waals surface area (Å²) < 4.78 is 0. The maximum atomic E-state index is 10.1. The van der Waals surface area contributed by atoms with E-state index < -0.39 is 11.5 Å². The van der Waals surface area contributed by atoms with Crippen molar-refractivity contribution in [3.05, 3.63) is 0 Å². The fourth-order valence-electron chi connectivity index (χ4n) is 0.981. The van der Waals surface area contributed by atoms with Crippen LogP contribution in [0.2, 0.25) is 0 Å². The van der Waals surface area contributed by atoms with Crippen molar-refractivity contribution in [2.45, 2.75) is 32.3 Å². The van der Waals surface area contributed by atoms with Crippen LogP contribution >= 0.6 is 0 Å². The van der Waals surface area contributed by atoms with Crippen LogP contribution in [0.1, 0.15) is 26.7 Å². The van der Waals surface area contributed by atoms with Gasteiger partial charge in [0.1, 0.15) is 6.29 Å². The van der Waals surface area contributed by atoms with Crippen LogP contribution in [0.15, 0.2) is 0 Å². The number of hydrogen-bond donors (Lipinski definition) is 1. The van der Waals surface area contributed by atoms with E-state index >= 15 is 0 Å². The minimum Gasteiger partial charge on any atom is -0.388 e. The van der Waals surface area contributed by atoms with E-state index in [0.29, 0.717) is 12.7 Å². The van der Waals surface area contributed by atoms with Gasteiger partial charge in [-0.15, -0.1) is 0 Å². The monoisotopic (exact) mass is 155 g/mol. The lowest BCUT2D eigenvalue weighted by Gasteiger charge is -2.24. The zero-order valence-electron chi connectivity index (χ0n) is 6.87. The molecule has 0 saturated heterocycles. The third kappa shape index (κ3) is 2.69. The second-order valence-corrected chi connectivity index (χ2v) is 2.82. The lowest BCUT2D eigenvalue weighted by molar-refractivity contribution is -0.113. The molecule has 0 heterocycles. The van der Waals surface area contributed by atoms with Crippen LogP contribution in [0.3, 0.4) is 0 Å². The highest BCUT2D eigenvalue weighted by molar-refractivity contribution is 5.51. The van der Waals surface area contributed by atoms with Gasteiger partial charge in [0.2, 0.25) is 0 Å². The fraction of sp³-hybridized carbons (Fsp3) is 0.750. The maximum Gasteiger partial charge on any atom is 0.122 e. The fourth-order valence-corrected chi connectivity index (χ4v) is 0.981. The highest BCUT2D eigenvalue weighted by Crippen LogP contribution is 2.21. The van der Waals surface area contributed by atoms with Crippen molar-refractivity contribution < 1.29 is 9.90 Å². The Kier molecular flexibility index (Phi) is 3.77. The molecule has 0 fully saturated rings. The van der Waals surface area contributed by atoms with Gasteiger partial charge in [-0.25, -0.2) is 0 Å². The van der Waals surface area contributed by atoms with Gasteiger partial charge in [0, 0.05) is 6.42 Å². The van der Waals surface area contributed by atoms with Gasteiger partial charge in [-0.2, -0.15) is 5.26 Å². The second kappa shape index (κ2) is 4.09. The van der Waals surface area contributed by atoms with E-state index in [1.807, 2.05) is 13.0 Å². The van der Waals surface area contributed by atoms with Gasteiger partial charge in [0.25, 0.3) is 0 Å². The standard InChI is InChI=1S/C8H13NO2/c1-3-7(6-9)8(2,11)4-5-10/h5,7,11H,3-4H2,1-2H3. The highest BCUT2D eigenvalue weighted by atomic mass is 16.3. The molecule has 11 heavy (non-hydrogen) atoms. The number of hydrogen-bond acceptors (Lipinski definition) is 3. The van der Waals surface area contributed by atoms with Crippen molar-refractivity contribution in [1.29, 1.82) is 5.26 Å². The van der Waals surface area contributed by atoms with E-state index in [-0.39, 0.29) is 6.42 Å². The Morgan fingerprint density at radius 2 is 2.36 bits per heavy atom. The number of aldehydes is 1. The normalized spacial score (nSPS) is 18.0. The van der Waals surface area contributed by atoms with E-state index in [2.05, 4.69) is 0 Å². The number of nitriles is 1. The third-order valence-corrected chi connectivity index (χ3v) is 1.81. The first-order valence-electron chi connectivity index (χ1n) is 3.64. The minimum absolute atomic E-state index is 0.0269. The molecular weight excluding hydrogens is 142 g/mol. The summed E-state index contributed by atoms with van der Waals surface area (Å²) in [4.78, 5) is 10.1. The molecule has 0 saturated carbocycles. The molecule has 0 amide bonds. The molecule has 0 aromatic rings. The Morgan fingerprint density at radius 1 is 1.82 bits per heavy atom. The summed E-state index contributed by atoms with van der Waals surface area (Å²) in [6, 6.07) is 1.97. The summed E-state index contributed by atoms with van der Waals surface area (Å²) in [5.41, 5.74) is -1.16. The zero-order valence-corrected chi connectivity index (χ0v) is 6.87. The van der Waals surface area contributed by atoms with Gasteiger partial charge in [-0.05, 0) is 13.3 Å². The van der Waals surface area contributed by atoms with E-state index in [9.17, 15) is 9.90 Å². The molecule has 0 bridgehead atoms. The molecule has 0 aromatic carbocycles. The van der Waals surface area contributed by atoms with Gasteiger partial charge in [0.15, 0.2) is 0 Å². The Hall–Kier alpha value is -0.880. The van der Waals surface area contributed by atoms with Gasteiger partial charge >= 0.3 is 0 Å². The summed E-state index contributed by atoms with van der Waals surface area (Å²) in [6.07, 6.45) is 1.23. The quantitative estimate of drug-likeness (QED) is 0.613. The summed E-state index contributed by atoms with van der Waals surface area (Å²) in [5, 5.41) is 18.1. The molecule has 62 valence electrons. The van der Waals surface area contributed by atoms with E-state index in [4.69, 9.17) is 5.26 Å². The van der Waals surface area contributed by atoms with Crippen molar-refractivity contribution in [1.82, 2.24) is 0 Å². The van der Waals surface area contributed by atoms with Gasteiger partial charge in [-0.3, -0.25) is 0 Å². The molecule has 1 N–H and O–H groups in total. The van der Waals surface area contributed by atoms with Gasteiger partial charge in [0.05, 0.1) is 17.6 Å². The first kappa shape index (κ1) is 10.1. The lowest BCUT2D eigenvalue weighted by Crippen LogP contribution is -2.33. The smallest absolute Gasteiger partial charge is 0.122 e. The number of rotatable bonds is 4. The topological polar surface area (TPSA) is 61.1 Å². The van der Waals surface area contributed by atoms with Gasteiger partial charge < -0.3 is 9.90 Å². The van der Waals surface area contributed by atoms with Crippen LogP contribution in [0, 0.1) is 17.2 Å². The molecule has 2 unspecified atom stereocenters. The van der Waals surface area contributed by atoms with Crippen LogP contribution in [-0.2, 0) is 4.79 Å². The van der Waals surface area contributed by atoms with Crippen LogP contribution in [0.25, 0.3) is 0 Å². The Morgan fingerprint density at radius 3 is 2.64 bits per heavy atom. The van der Waals surface area contributed by atoms with Crippen molar-refractivity contribution in [3.8, 4) is 6.07 Å². The second-order valence-electron chi connectivity index (χ2n) is 2.82. The highest BCUT2D eigenvalue weighted by Gasteiger charge is 2.29. The van der Waals surface area contributed by atoms with Crippen molar-refractivity contribution in [2.75, 3.05) is 0 Å². The van der Waals surface area contributed by atoms with Crippen LogP contribution in [-0.4, -0.2) is 17.0 Å². The number of carbonyl (C=O) groups excluding carboxylic acids is 1. The van der Waals surface area contributed by atoms with Crippen LogP contribution in [0.5, 0.6) is 0 Å². The molecular formula is C8H13NO2. The Balaban J connectivity index is 4.26. The molecule has 3 nitrogen and oxygen atoms in total. The summed E-state index contributed by atoms with van der Waals surface area (Å²) in [5.74, 6) is -0.451. The van der Waals surface area contributed by atoms with Gasteiger partial charge in [-0.1, -0.05) is 6.92 Å². The average Bonchev–Trinajstić information content (AvgIpc) is 1.89. The van der Waals surface area contributed by atoms with Crippen LogP contribution in [0.4, 0.5) is 0 Å². The largest absolute Gasteiger partial charge is 0.388 e. The maximum absolute atomic E-state index is 10.1. The third-order valence-electron chi connectivity index (χ3n) is 1.81. The van der Waals surface area contributed by atoms with Crippen molar-refractivity contribution >= 4 is 6.29 Å². The predicted molar refractivity (Wildman–Crippen MR) is 40.7 cm³/mol. The molecule has 0 rings (SSSR count).